The van der Waals surface area contributed by atoms with Crippen molar-refractivity contribution < 1.29 is 4.79 Å². The van der Waals surface area contributed by atoms with Crippen molar-refractivity contribution in [2.24, 2.45) is 5.92 Å². The van der Waals surface area contributed by atoms with Crippen LogP contribution in [0.4, 0.5) is 0 Å². The van der Waals surface area contributed by atoms with Crippen molar-refractivity contribution in [2.45, 2.75) is 26.4 Å². The average molecular weight is 372 g/mol. The Bertz CT molecular complexity index is 615. The summed E-state index contributed by atoms with van der Waals surface area (Å²) in [7, 11) is 0. The summed E-state index contributed by atoms with van der Waals surface area (Å²) in [6.07, 6.45) is 3.23. The smallest absolute Gasteiger partial charge is 0.253 e. The van der Waals surface area contributed by atoms with Crippen molar-refractivity contribution in [3.05, 3.63) is 45.7 Å². The van der Waals surface area contributed by atoms with Crippen molar-refractivity contribution in [1.29, 1.82) is 0 Å². The summed E-state index contributed by atoms with van der Waals surface area (Å²) in [5, 5.41) is 11.6. The lowest BCUT2D eigenvalue weighted by Crippen LogP contribution is -2.42. The SMILES string of the molecule is CC(C)C(Cn1nccn1)NC(=O)c1cc(Br)ccc1Cl. The first-order valence-corrected chi connectivity index (χ1v) is 7.74. The van der Waals surface area contributed by atoms with Gasteiger partial charge in [0.2, 0.25) is 0 Å². The molecule has 1 atom stereocenters. The summed E-state index contributed by atoms with van der Waals surface area (Å²) in [5.74, 6) is 0.0398. The monoisotopic (exact) mass is 370 g/mol. The second-order valence-electron chi connectivity index (χ2n) is 5.03. The molecule has 21 heavy (non-hydrogen) atoms. The van der Waals surface area contributed by atoms with Gasteiger partial charge in [-0.25, -0.2) is 0 Å². The van der Waals surface area contributed by atoms with Gasteiger partial charge in [-0.05, 0) is 24.1 Å². The quantitative estimate of drug-likeness (QED) is 0.878. The van der Waals surface area contributed by atoms with Crippen LogP contribution in [0.15, 0.2) is 35.1 Å². The van der Waals surface area contributed by atoms with Gasteiger partial charge in [-0.1, -0.05) is 41.4 Å². The van der Waals surface area contributed by atoms with Gasteiger partial charge in [-0.2, -0.15) is 15.0 Å². The molecule has 1 heterocycles. The van der Waals surface area contributed by atoms with Crippen LogP contribution >= 0.6 is 27.5 Å². The fourth-order valence-corrected chi connectivity index (χ4v) is 2.42. The minimum Gasteiger partial charge on any atom is -0.347 e. The molecular formula is C14H16BrClN4O. The Labute approximate surface area is 136 Å². The molecule has 0 saturated heterocycles. The molecular weight excluding hydrogens is 356 g/mol. The summed E-state index contributed by atoms with van der Waals surface area (Å²) in [6.45, 7) is 4.59. The highest BCUT2D eigenvalue weighted by Crippen LogP contribution is 2.21. The molecule has 0 aliphatic rings. The maximum atomic E-state index is 12.4. The van der Waals surface area contributed by atoms with E-state index in [0.29, 0.717) is 17.1 Å². The molecule has 1 aromatic heterocycles. The van der Waals surface area contributed by atoms with Crippen molar-refractivity contribution in [3.8, 4) is 0 Å². The zero-order valence-corrected chi connectivity index (χ0v) is 14.1. The van der Waals surface area contributed by atoms with Gasteiger partial charge in [-0.15, -0.1) is 0 Å². The third-order valence-electron chi connectivity index (χ3n) is 3.12. The van der Waals surface area contributed by atoms with Gasteiger partial charge in [0.15, 0.2) is 0 Å². The number of halogens is 2. The molecule has 0 aliphatic carbocycles. The maximum absolute atomic E-state index is 12.4. The van der Waals surface area contributed by atoms with E-state index in [0.717, 1.165) is 4.47 Å². The first kappa shape index (κ1) is 16.0. The highest BCUT2D eigenvalue weighted by atomic mass is 79.9. The van der Waals surface area contributed by atoms with Crippen LogP contribution in [0.1, 0.15) is 24.2 Å². The van der Waals surface area contributed by atoms with Crippen LogP contribution in [0, 0.1) is 5.92 Å². The molecule has 0 aliphatic heterocycles. The van der Waals surface area contributed by atoms with E-state index in [-0.39, 0.29) is 17.9 Å². The minimum atomic E-state index is -0.202. The molecule has 0 saturated carbocycles. The van der Waals surface area contributed by atoms with Crippen molar-refractivity contribution >= 4 is 33.4 Å². The Hall–Kier alpha value is -1.40. The van der Waals surface area contributed by atoms with Crippen LogP contribution in [0.25, 0.3) is 0 Å². The largest absolute Gasteiger partial charge is 0.347 e. The number of carbonyl (C=O) groups excluding carboxylic acids is 1. The molecule has 112 valence electrons. The summed E-state index contributed by atoms with van der Waals surface area (Å²) in [4.78, 5) is 14.0. The third-order valence-corrected chi connectivity index (χ3v) is 3.94. The molecule has 1 N–H and O–H groups in total. The minimum absolute atomic E-state index is 0.0834. The first-order valence-electron chi connectivity index (χ1n) is 6.57. The molecule has 0 radical (unpaired) electrons. The number of nitrogens with one attached hydrogen (secondary N) is 1. The third kappa shape index (κ3) is 4.28. The van der Waals surface area contributed by atoms with E-state index in [1.165, 1.54) is 0 Å². The lowest BCUT2D eigenvalue weighted by Gasteiger charge is -2.22. The molecule has 7 heteroatoms. The van der Waals surface area contributed by atoms with Crippen molar-refractivity contribution in [2.75, 3.05) is 0 Å². The number of aromatic nitrogens is 3. The maximum Gasteiger partial charge on any atom is 0.253 e. The second kappa shape index (κ2) is 7.04. The summed E-state index contributed by atoms with van der Waals surface area (Å²) < 4.78 is 0.812. The van der Waals surface area contributed by atoms with Gasteiger partial charge in [0, 0.05) is 4.47 Å². The Balaban J connectivity index is 2.12. The van der Waals surface area contributed by atoms with E-state index in [1.54, 1.807) is 35.4 Å². The van der Waals surface area contributed by atoms with Gasteiger partial charge in [-0.3, -0.25) is 4.79 Å². The van der Waals surface area contributed by atoms with Crippen LogP contribution < -0.4 is 5.32 Å². The predicted octanol–water partition coefficient (Wildman–Crippen LogP) is 3.15. The van der Waals surface area contributed by atoms with E-state index in [1.807, 2.05) is 13.8 Å². The molecule has 1 unspecified atom stereocenters. The Morgan fingerprint density at radius 1 is 1.38 bits per heavy atom. The second-order valence-corrected chi connectivity index (χ2v) is 6.35. The Morgan fingerprint density at radius 2 is 2.05 bits per heavy atom. The van der Waals surface area contributed by atoms with Gasteiger partial charge in [0.1, 0.15) is 0 Å². The highest BCUT2D eigenvalue weighted by Gasteiger charge is 2.20. The molecule has 5 nitrogen and oxygen atoms in total. The number of rotatable bonds is 5. The molecule has 0 fully saturated rings. The van der Waals surface area contributed by atoms with Crippen LogP contribution in [0.5, 0.6) is 0 Å². The van der Waals surface area contributed by atoms with Crippen LogP contribution in [0.2, 0.25) is 5.02 Å². The molecule has 1 aromatic carbocycles. The van der Waals surface area contributed by atoms with Gasteiger partial charge >= 0.3 is 0 Å². The van der Waals surface area contributed by atoms with Crippen LogP contribution in [-0.2, 0) is 6.54 Å². The van der Waals surface area contributed by atoms with Crippen LogP contribution in [0.3, 0.4) is 0 Å². The molecule has 2 aromatic rings. The van der Waals surface area contributed by atoms with Crippen LogP contribution in [-0.4, -0.2) is 26.9 Å². The van der Waals surface area contributed by atoms with Gasteiger partial charge in [0.25, 0.3) is 5.91 Å². The summed E-state index contributed by atoms with van der Waals surface area (Å²) in [6, 6.07) is 5.12. The van der Waals surface area contributed by atoms with E-state index in [2.05, 4.69) is 31.4 Å². The molecule has 0 spiro atoms. The Kier molecular flexibility index (Phi) is 5.36. The van der Waals surface area contributed by atoms with Crippen molar-refractivity contribution in [3.63, 3.8) is 0 Å². The predicted molar refractivity (Wildman–Crippen MR) is 85.3 cm³/mol. The van der Waals surface area contributed by atoms with E-state index in [4.69, 9.17) is 11.6 Å². The van der Waals surface area contributed by atoms with E-state index < -0.39 is 0 Å². The van der Waals surface area contributed by atoms with Gasteiger partial charge < -0.3 is 5.32 Å². The number of hydrogen-bond acceptors (Lipinski definition) is 3. The first-order chi connectivity index (χ1) is 9.97. The molecule has 2 rings (SSSR count). The standard InChI is InChI=1S/C14H16BrClN4O/c1-9(2)13(8-20-17-5-6-18-20)19-14(21)11-7-10(15)3-4-12(11)16/h3-7,9,13H,8H2,1-2H3,(H,19,21). The fraction of sp³-hybridized carbons (Fsp3) is 0.357. The average Bonchev–Trinajstić information content (AvgIpc) is 2.93. The lowest BCUT2D eigenvalue weighted by atomic mass is 10.0. The van der Waals surface area contributed by atoms with Gasteiger partial charge in [0.05, 0.1) is 35.6 Å². The fourth-order valence-electron chi connectivity index (χ4n) is 1.85. The zero-order chi connectivity index (χ0) is 15.4. The molecule has 0 bridgehead atoms. The zero-order valence-electron chi connectivity index (χ0n) is 11.8. The number of nitrogens with zero attached hydrogens (tertiary/aromatic N) is 3. The summed E-state index contributed by atoms with van der Waals surface area (Å²) >= 11 is 9.43. The highest BCUT2D eigenvalue weighted by molar-refractivity contribution is 9.10. The number of carbonyl (C=O) groups is 1. The number of benzene rings is 1. The summed E-state index contributed by atoms with van der Waals surface area (Å²) in [5.41, 5.74) is 0.449. The topological polar surface area (TPSA) is 59.8 Å². The number of amides is 1. The molecule has 1 amide bonds. The van der Waals surface area contributed by atoms with Crippen molar-refractivity contribution in [1.82, 2.24) is 20.3 Å². The lowest BCUT2D eigenvalue weighted by molar-refractivity contribution is 0.0918. The number of hydrogen-bond donors (Lipinski definition) is 1. The van der Waals surface area contributed by atoms with E-state index in [9.17, 15) is 4.79 Å². The normalized spacial score (nSPS) is 12.4. The Morgan fingerprint density at radius 3 is 2.67 bits per heavy atom. The van der Waals surface area contributed by atoms with E-state index >= 15 is 0 Å².